The van der Waals surface area contributed by atoms with E-state index in [2.05, 4.69) is 20.9 Å². The molecule has 0 atom stereocenters. The molecule has 0 N–H and O–H groups in total. The number of nitrogens with zero attached hydrogens (tertiary/aromatic N) is 2. The van der Waals surface area contributed by atoms with Gasteiger partial charge in [-0.3, -0.25) is 4.79 Å². The lowest BCUT2D eigenvalue weighted by Gasteiger charge is -2.10. The maximum Gasteiger partial charge on any atom is 0.141 e. The Labute approximate surface area is 146 Å². The molecule has 3 rings (SSSR count). The van der Waals surface area contributed by atoms with Gasteiger partial charge >= 0.3 is 0 Å². The summed E-state index contributed by atoms with van der Waals surface area (Å²) in [5.41, 5.74) is 2.70. The highest BCUT2D eigenvalue weighted by atomic mass is 79.9. The largest absolute Gasteiger partial charge is 0.303 e. The molecular weight excluding hydrogens is 378 g/mol. The second kappa shape index (κ2) is 6.09. The number of imidazole rings is 1. The van der Waals surface area contributed by atoms with Crippen LogP contribution in [0.4, 0.5) is 8.78 Å². The number of ketones is 1. The van der Waals surface area contributed by atoms with E-state index in [4.69, 9.17) is 0 Å². The van der Waals surface area contributed by atoms with E-state index in [1.54, 1.807) is 10.6 Å². The van der Waals surface area contributed by atoms with Crippen molar-refractivity contribution in [1.82, 2.24) is 9.38 Å². The predicted molar refractivity (Wildman–Crippen MR) is 92.1 cm³/mol. The van der Waals surface area contributed by atoms with Gasteiger partial charge in [-0.25, -0.2) is 13.8 Å². The highest BCUT2D eigenvalue weighted by Gasteiger charge is 2.23. The van der Waals surface area contributed by atoms with Gasteiger partial charge in [0.15, 0.2) is 0 Å². The van der Waals surface area contributed by atoms with Crippen LogP contribution in [0.2, 0.25) is 0 Å². The summed E-state index contributed by atoms with van der Waals surface area (Å²) in [6.07, 6.45) is 1.89. The minimum atomic E-state index is -0.578. The van der Waals surface area contributed by atoms with Crippen molar-refractivity contribution >= 4 is 27.4 Å². The molecule has 0 saturated carbocycles. The Kier molecular flexibility index (Phi) is 4.25. The van der Waals surface area contributed by atoms with Crippen molar-refractivity contribution in [3.05, 3.63) is 57.3 Å². The van der Waals surface area contributed by atoms with E-state index >= 15 is 0 Å². The summed E-state index contributed by atoms with van der Waals surface area (Å²) in [7, 11) is 0. The van der Waals surface area contributed by atoms with E-state index < -0.39 is 11.6 Å². The zero-order chi connectivity index (χ0) is 17.6. The molecule has 0 spiro atoms. The number of carbonyl (C=O) groups excluding carboxylic acids is 1. The highest BCUT2D eigenvalue weighted by molar-refractivity contribution is 9.10. The fourth-order valence-corrected chi connectivity index (χ4v) is 3.31. The predicted octanol–water partition coefficient (Wildman–Crippen LogP) is 4.79. The molecule has 0 fully saturated rings. The minimum Gasteiger partial charge on any atom is -0.303 e. The SMILES string of the molecule is CC(=O)Cc1c(-c2c(F)cc(Br)c(F)c2C)nc2cc(C)ccn12. The smallest absolute Gasteiger partial charge is 0.141 e. The first-order valence-corrected chi connectivity index (χ1v) is 8.20. The molecule has 6 heteroatoms. The first kappa shape index (κ1) is 16.8. The van der Waals surface area contributed by atoms with Crippen molar-refractivity contribution in [2.75, 3.05) is 0 Å². The van der Waals surface area contributed by atoms with Crippen LogP contribution in [-0.4, -0.2) is 15.2 Å². The first-order chi connectivity index (χ1) is 11.3. The van der Waals surface area contributed by atoms with Crippen molar-refractivity contribution < 1.29 is 13.6 Å². The van der Waals surface area contributed by atoms with Crippen LogP contribution >= 0.6 is 15.9 Å². The Bertz CT molecular complexity index is 979. The molecule has 0 bridgehead atoms. The molecule has 124 valence electrons. The number of pyridine rings is 1. The molecule has 0 aliphatic carbocycles. The Morgan fingerprint density at radius 3 is 2.67 bits per heavy atom. The Balaban J connectivity index is 2.38. The summed E-state index contributed by atoms with van der Waals surface area (Å²) < 4.78 is 30.6. The van der Waals surface area contributed by atoms with Crippen LogP contribution in [0.3, 0.4) is 0 Å². The average Bonchev–Trinajstić information content (AvgIpc) is 2.82. The first-order valence-electron chi connectivity index (χ1n) is 7.41. The van der Waals surface area contributed by atoms with E-state index in [-0.39, 0.29) is 27.8 Å². The number of rotatable bonds is 3. The molecule has 0 amide bonds. The van der Waals surface area contributed by atoms with Gasteiger partial charge in [-0.2, -0.15) is 0 Å². The summed E-state index contributed by atoms with van der Waals surface area (Å²) in [6, 6.07) is 4.81. The second-order valence-corrected chi connectivity index (χ2v) is 6.73. The number of fused-ring (bicyclic) bond motifs is 1. The van der Waals surface area contributed by atoms with Crippen LogP contribution in [0.5, 0.6) is 0 Å². The molecule has 2 heterocycles. The zero-order valence-electron chi connectivity index (χ0n) is 13.5. The quantitative estimate of drug-likeness (QED) is 0.600. The number of Topliss-reactive ketones (excluding diaryl/α,β-unsaturated/α-hetero) is 1. The van der Waals surface area contributed by atoms with Gasteiger partial charge in [-0.05, 0) is 66.0 Å². The highest BCUT2D eigenvalue weighted by Crippen LogP contribution is 2.34. The van der Waals surface area contributed by atoms with Gasteiger partial charge in [0.2, 0.25) is 0 Å². The topological polar surface area (TPSA) is 34.4 Å². The molecule has 24 heavy (non-hydrogen) atoms. The lowest BCUT2D eigenvalue weighted by atomic mass is 10.0. The minimum absolute atomic E-state index is 0.0639. The number of carbonyl (C=O) groups is 1. The molecule has 0 saturated heterocycles. The molecule has 0 radical (unpaired) electrons. The standard InChI is InChI=1S/C18H15BrF2N2O/c1-9-4-5-23-14(7-10(2)24)18(22-15(23)6-9)16-11(3)17(21)12(19)8-13(16)20/h4-6,8H,7H2,1-3H3. The van der Waals surface area contributed by atoms with Gasteiger partial charge in [-0.1, -0.05) is 0 Å². The van der Waals surface area contributed by atoms with Crippen molar-refractivity contribution in [1.29, 1.82) is 0 Å². The Morgan fingerprint density at radius 1 is 1.29 bits per heavy atom. The summed E-state index contributed by atoms with van der Waals surface area (Å²) in [5, 5.41) is 0. The summed E-state index contributed by atoms with van der Waals surface area (Å²) in [5.74, 6) is -1.19. The third-order valence-electron chi connectivity index (χ3n) is 3.94. The summed E-state index contributed by atoms with van der Waals surface area (Å²) in [4.78, 5) is 16.2. The molecule has 2 aromatic heterocycles. The normalized spacial score (nSPS) is 11.2. The fourth-order valence-electron chi connectivity index (χ4n) is 2.81. The maximum atomic E-state index is 14.6. The van der Waals surface area contributed by atoms with E-state index in [0.717, 1.165) is 11.6 Å². The van der Waals surface area contributed by atoms with Crippen LogP contribution in [0, 0.1) is 25.5 Å². The van der Waals surface area contributed by atoms with Crippen LogP contribution < -0.4 is 0 Å². The van der Waals surface area contributed by atoms with Gasteiger partial charge in [-0.15, -0.1) is 0 Å². The van der Waals surface area contributed by atoms with Crippen molar-refractivity contribution in [2.45, 2.75) is 27.2 Å². The summed E-state index contributed by atoms with van der Waals surface area (Å²) >= 11 is 3.01. The van der Waals surface area contributed by atoms with Crippen molar-refractivity contribution in [2.24, 2.45) is 0 Å². The van der Waals surface area contributed by atoms with Gasteiger partial charge in [0.1, 0.15) is 23.1 Å². The number of benzene rings is 1. The summed E-state index contributed by atoms with van der Waals surface area (Å²) in [6.45, 7) is 4.89. The molecule has 0 aliphatic heterocycles. The Hall–Kier alpha value is -2.08. The van der Waals surface area contributed by atoms with Crippen LogP contribution in [0.15, 0.2) is 28.9 Å². The van der Waals surface area contributed by atoms with Crippen molar-refractivity contribution in [3.8, 4) is 11.3 Å². The molecule has 3 aromatic rings. The van der Waals surface area contributed by atoms with Gasteiger partial charge in [0.25, 0.3) is 0 Å². The third kappa shape index (κ3) is 2.75. The molecular formula is C18H15BrF2N2O. The van der Waals surface area contributed by atoms with E-state index in [9.17, 15) is 13.6 Å². The third-order valence-corrected chi connectivity index (χ3v) is 4.52. The van der Waals surface area contributed by atoms with Gasteiger partial charge < -0.3 is 4.40 Å². The van der Waals surface area contributed by atoms with Crippen molar-refractivity contribution in [3.63, 3.8) is 0 Å². The maximum absolute atomic E-state index is 14.6. The van der Waals surface area contributed by atoms with Gasteiger partial charge in [0, 0.05) is 18.2 Å². The number of hydrogen-bond donors (Lipinski definition) is 0. The molecule has 1 aromatic carbocycles. The number of hydrogen-bond acceptors (Lipinski definition) is 2. The lowest BCUT2D eigenvalue weighted by Crippen LogP contribution is -2.04. The zero-order valence-corrected chi connectivity index (χ0v) is 15.0. The number of halogens is 3. The van der Waals surface area contributed by atoms with E-state index in [0.29, 0.717) is 17.0 Å². The molecule has 0 aliphatic rings. The average molecular weight is 393 g/mol. The monoisotopic (exact) mass is 392 g/mol. The molecule has 3 nitrogen and oxygen atoms in total. The lowest BCUT2D eigenvalue weighted by molar-refractivity contribution is -0.116. The fraction of sp³-hybridized carbons (Fsp3) is 0.222. The number of aryl methyl sites for hydroxylation is 1. The second-order valence-electron chi connectivity index (χ2n) is 5.87. The van der Waals surface area contributed by atoms with E-state index in [1.165, 1.54) is 13.8 Å². The molecule has 0 unspecified atom stereocenters. The Morgan fingerprint density at radius 2 is 2.00 bits per heavy atom. The van der Waals surface area contributed by atoms with Crippen LogP contribution in [0.1, 0.15) is 23.7 Å². The van der Waals surface area contributed by atoms with Crippen LogP contribution in [0.25, 0.3) is 16.9 Å². The van der Waals surface area contributed by atoms with Gasteiger partial charge in [0.05, 0.1) is 15.9 Å². The van der Waals surface area contributed by atoms with E-state index in [1.807, 2.05) is 19.1 Å². The number of aromatic nitrogens is 2. The van der Waals surface area contributed by atoms with Crippen LogP contribution in [-0.2, 0) is 11.2 Å².